The van der Waals surface area contributed by atoms with Crippen molar-refractivity contribution in [2.24, 2.45) is 10.9 Å². The number of nitro groups is 1. The molecule has 24 heavy (non-hydrogen) atoms. The average molecular weight is 350 g/mol. The van der Waals surface area contributed by atoms with E-state index in [1.165, 1.54) is 6.07 Å². The summed E-state index contributed by atoms with van der Waals surface area (Å²) < 4.78 is 0. The third-order valence-electron chi connectivity index (χ3n) is 3.84. The number of rotatable bonds is 6. The van der Waals surface area contributed by atoms with E-state index in [4.69, 9.17) is 4.99 Å². The molecule has 7 heteroatoms. The van der Waals surface area contributed by atoms with Crippen molar-refractivity contribution < 1.29 is 4.92 Å². The quantitative estimate of drug-likeness (QED) is 0.580. The Kier molecular flexibility index (Phi) is 6.23. The highest BCUT2D eigenvalue weighted by atomic mass is 32.2. The van der Waals surface area contributed by atoms with E-state index < -0.39 is 0 Å². The van der Waals surface area contributed by atoms with Crippen LogP contribution in [0.3, 0.4) is 0 Å². The van der Waals surface area contributed by atoms with Crippen LogP contribution in [0.5, 0.6) is 0 Å². The zero-order valence-electron chi connectivity index (χ0n) is 15.0. The summed E-state index contributed by atoms with van der Waals surface area (Å²) in [6, 6.07) is 5.30. The number of benzene rings is 1. The molecule has 1 aromatic rings. The number of amidine groups is 1. The third-order valence-corrected chi connectivity index (χ3v) is 4.97. The molecule has 1 fully saturated rings. The van der Waals surface area contributed by atoms with Gasteiger partial charge in [-0.1, -0.05) is 25.6 Å². The maximum Gasteiger partial charge on any atom is 0.269 e. The molecule has 0 radical (unpaired) electrons. The van der Waals surface area contributed by atoms with Crippen LogP contribution in [0, 0.1) is 23.0 Å². The lowest BCUT2D eigenvalue weighted by molar-refractivity contribution is -0.384. The fourth-order valence-electron chi connectivity index (χ4n) is 2.77. The van der Waals surface area contributed by atoms with Gasteiger partial charge in [-0.25, -0.2) is 4.99 Å². The second-order valence-corrected chi connectivity index (χ2v) is 7.88. The summed E-state index contributed by atoms with van der Waals surface area (Å²) in [6.45, 7) is 8.26. The molecule has 1 heterocycles. The maximum absolute atomic E-state index is 10.9. The van der Waals surface area contributed by atoms with Gasteiger partial charge in [-0.05, 0) is 38.6 Å². The molecule has 132 valence electrons. The Morgan fingerprint density at radius 3 is 2.71 bits per heavy atom. The largest absolute Gasteiger partial charge is 0.346 e. The van der Waals surface area contributed by atoms with Crippen molar-refractivity contribution in [2.45, 2.75) is 26.8 Å². The fraction of sp³-hybridized carbons (Fsp3) is 0.588. The molecule has 0 spiro atoms. The summed E-state index contributed by atoms with van der Waals surface area (Å²) in [5, 5.41) is 11.9. The van der Waals surface area contributed by atoms with Crippen LogP contribution in [0.2, 0.25) is 0 Å². The first-order chi connectivity index (χ1) is 11.3. The average Bonchev–Trinajstić information content (AvgIpc) is 2.82. The van der Waals surface area contributed by atoms with Gasteiger partial charge in [-0.15, -0.1) is 0 Å². The predicted molar refractivity (Wildman–Crippen MR) is 101 cm³/mol. The molecular weight excluding hydrogens is 324 g/mol. The van der Waals surface area contributed by atoms with Crippen LogP contribution in [0.4, 0.5) is 11.4 Å². The Bertz CT molecular complexity index is 631. The van der Waals surface area contributed by atoms with Gasteiger partial charge in [0, 0.05) is 31.0 Å². The number of aryl methyl sites for hydroxylation is 1. The van der Waals surface area contributed by atoms with Gasteiger partial charge in [0.2, 0.25) is 0 Å². The van der Waals surface area contributed by atoms with Gasteiger partial charge in [0.25, 0.3) is 5.69 Å². The van der Waals surface area contributed by atoms with Crippen molar-refractivity contribution in [3.8, 4) is 0 Å². The van der Waals surface area contributed by atoms with Crippen molar-refractivity contribution in [1.82, 2.24) is 9.80 Å². The molecule has 1 atom stereocenters. The van der Waals surface area contributed by atoms with Gasteiger partial charge in [0.1, 0.15) is 0 Å². The van der Waals surface area contributed by atoms with Gasteiger partial charge in [0.15, 0.2) is 5.17 Å². The summed E-state index contributed by atoms with van der Waals surface area (Å²) in [6.07, 6.45) is 0. The molecule has 1 saturated heterocycles. The summed E-state index contributed by atoms with van der Waals surface area (Å²) in [7, 11) is 4.18. The molecule has 1 aliphatic rings. The minimum absolute atomic E-state index is 0.111. The molecule has 0 bridgehead atoms. The van der Waals surface area contributed by atoms with Crippen LogP contribution < -0.4 is 0 Å². The van der Waals surface area contributed by atoms with E-state index in [-0.39, 0.29) is 10.6 Å². The lowest BCUT2D eigenvalue weighted by atomic mass is 10.1. The van der Waals surface area contributed by atoms with Crippen LogP contribution in [-0.2, 0) is 0 Å². The molecular formula is C17H26N4O2S. The Balaban J connectivity index is 2.28. The smallest absolute Gasteiger partial charge is 0.269 e. The van der Waals surface area contributed by atoms with Gasteiger partial charge in [-0.3, -0.25) is 10.1 Å². The van der Waals surface area contributed by atoms with E-state index in [1.54, 1.807) is 23.9 Å². The number of nitrogens with zero attached hydrogens (tertiary/aromatic N) is 4. The number of thioether (sulfide) groups is 1. The second-order valence-electron chi connectivity index (χ2n) is 6.90. The topological polar surface area (TPSA) is 62.0 Å². The Labute approximate surface area is 148 Å². The van der Waals surface area contributed by atoms with Crippen molar-refractivity contribution in [3.05, 3.63) is 33.9 Å². The lowest BCUT2D eigenvalue weighted by Gasteiger charge is -2.29. The first kappa shape index (κ1) is 18.7. The van der Waals surface area contributed by atoms with Crippen molar-refractivity contribution in [3.63, 3.8) is 0 Å². The Morgan fingerprint density at radius 2 is 2.17 bits per heavy atom. The molecule has 1 aliphatic heterocycles. The molecule has 0 saturated carbocycles. The molecule has 6 nitrogen and oxygen atoms in total. The highest BCUT2D eigenvalue weighted by molar-refractivity contribution is 8.14. The highest BCUT2D eigenvalue weighted by Gasteiger charge is 2.31. The van der Waals surface area contributed by atoms with E-state index in [2.05, 4.69) is 37.7 Å². The number of hydrogen-bond acceptors (Lipinski definition) is 5. The number of hydrogen-bond donors (Lipinski definition) is 0. The van der Waals surface area contributed by atoms with E-state index in [9.17, 15) is 10.1 Å². The first-order valence-electron chi connectivity index (χ1n) is 8.15. The van der Waals surface area contributed by atoms with E-state index in [1.807, 2.05) is 6.92 Å². The minimum Gasteiger partial charge on any atom is -0.346 e. The van der Waals surface area contributed by atoms with Gasteiger partial charge < -0.3 is 9.80 Å². The fourth-order valence-corrected chi connectivity index (χ4v) is 3.95. The first-order valence-corrected chi connectivity index (χ1v) is 9.14. The maximum atomic E-state index is 10.9. The molecule has 0 aromatic heterocycles. The molecule has 0 amide bonds. The Hall–Kier alpha value is -1.60. The Morgan fingerprint density at radius 1 is 1.46 bits per heavy atom. The molecule has 0 N–H and O–H groups in total. The van der Waals surface area contributed by atoms with E-state index >= 15 is 0 Å². The van der Waals surface area contributed by atoms with Gasteiger partial charge >= 0.3 is 0 Å². The number of aliphatic imine (C=N–C) groups is 1. The minimum atomic E-state index is -0.369. The standard InChI is InChI=1S/C17H26N4O2S/c1-12(2)9-20-15(10-19(4)5)11-24-17(20)18-16-7-6-14(21(22)23)8-13(16)3/h6-8,12,15H,9-11H2,1-5H3/b18-17-. The van der Waals surface area contributed by atoms with Crippen LogP contribution in [-0.4, -0.2) is 58.9 Å². The predicted octanol–water partition coefficient (Wildman–Crippen LogP) is 3.53. The molecule has 0 aliphatic carbocycles. The van der Waals surface area contributed by atoms with Crippen molar-refractivity contribution in [1.29, 1.82) is 0 Å². The van der Waals surface area contributed by atoms with Crippen LogP contribution in [0.25, 0.3) is 0 Å². The molecule has 1 unspecified atom stereocenters. The van der Waals surface area contributed by atoms with Crippen LogP contribution in [0.1, 0.15) is 19.4 Å². The van der Waals surface area contributed by atoms with E-state index in [0.717, 1.165) is 35.3 Å². The number of non-ortho nitro benzene ring substituents is 1. The zero-order chi connectivity index (χ0) is 17.9. The third kappa shape index (κ3) is 4.70. The summed E-state index contributed by atoms with van der Waals surface area (Å²) >= 11 is 1.77. The molecule has 2 rings (SSSR count). The SMILES string of the molecule is Cc1cc([N+](=O)[O-])ccc1/N=C1\SCC(CN(C)C)N1CC(C)C. The van der Waals surface area contributed by atoms with Crippen LogP contribution in [0.15, 0.2) is 23.2 Å². The number of nitro benzene ring substituents is 1. The second kappa shape index (κ2) is 7.98. The molecule has 1 aromatic carbocycles. The van der Waals surface area contributed by atoms with Crippen molar-refractivity contribution >= 4 is 28.3 Å². The summed E-state index contributed by atoms with van der Waals surface area (Å²) in [5.74, 6) is 1.58. The summed E-state index contributed by atoms with van der Waals surface area (Å²) in [4.78, 5) is 19.9. The van der Waals surface area contributed by atoms with Crippen molar-refractivity contribution in [2.75, 3.05) is 32.9 Å². The highest BCUT2D eigenvalue weighted by Crippen LogP contribution is 2.30. The summed E-state index contributed by atoms with van der Waals surface area (Å²) in [5.41, 5.74) is 1.75. The lowest BCUT2D eigenvalue weighted by Crippen LogP contribution is -2.42. The van der Waals surface area contributed by atoms with Gasteiger partial charge in [0.05, 0.1) is 16.7 Å². The zero-order valence-corrected chi connectivity index (χ0v) is 15.8. The van der Waals surface area contributed by atoms with E-state index in [0.29, 0.717) is 12.0 Å². The number of likely N-dealkylation sites (N-methyl/N-ethyl adjacent to an activating group) is 1. The van der Waals surface area contributed by atoms with Gasteiger partial charge in [-0.2, -0.15) is 0 Å². The normalized spacial score (nSPS) is 19.7. The van der Waals surface area contributed by atoms with Crippen LogP contribution >= 0.6 is 11.8 Å². The monoisotopic (exact) mass is 350 g/mol.